The van der Waals surface area contributed by atoms with Crippen molar-refractivity contribution in [3.8, 4) is 0 Å². The summed E-state index contributed by atoms with van der Waals surface area (Å²) in [6.45, 7) is 0. The number of amides is 1. The van der Waals surface area contributed by atoms with Gasteiger partial charge in [-0.2, -0.15) is 0 Å². The molecule has 0 aliphatic heterocycles. The predicted octanol–water partition coefficient (Wildman–Crippen LogP) is 2.82. The minimum absolute atomic E-state index is 0.106. The molecule has 0 atom stereocenters. The fourth-order valence-corrected chi connectivity index (χ4v) is 2.91. The molecule has 0 aromatic carbocycles. The molecule has 1 aliphatic rings. The van der Waals surface area contributed by atoms with Gasteiger partial charge in [-0.3, -0.25) is 4.79 Å². The highest BCUT2D eigenvalue weighted by Crippen LogP contribution is 2.25. The molecule has 17 heavy (non-hydrogen) atoms. The van der Waals surface area contributed by atoms with E-state index in [1.54, 1.807) is 6.20 Å². The van der Waals surface area contributed by atoms with E-state index in [1.165, 1.54) is 24.6 Å². The quantitative estimate of drug-likeness (QED) is 0.773. The van der Waals surface area contributed by atoms with Gasteiger partial charge in [0.2, 0.25) is 0 Å². The average molecular weight is 250 g/mol. The number of pyridine rings is 1. The zero-order valence-corrected chi connectivity index (χ0v) is 11.2. The first kappa shape index (κ1) is 12.4. The maximum absolute atomic E-state index is 12.4. The van der Waals surface area contributed by atoms with Crippen LogP contribution in [0.4, 0.5) is 0 Å². The maximum atomic E-state index is 12.4. The van der Waals surface area contributed by atoms with Gasteiger partial charge >= 0.3 is 0 Å². The van der Waals surface area contributed by atoms with Crippen LogP contribution in [0.1, 0.15) is 36.0 Å². The summed E-state index contributed by atoms with van der Waals surface area (Å²) in [4.78, 5) is 18.5. The summed E-state index contributed by atoms with van der Waals surface area (Å²) in [6.07, 6.45) is 8.44. The standard InChI is InChI=1S/C13H18N2OS/c1-15(10-6-3-4-7-10)13(16)11-8-5-9-14-12(11)17-2/h5,8-10H,3-4,6-7H2,1-2H3. The van der Waals surface area contributed by atoms with Gasteiger partial charge in [0.15, 0.2) is 0 Å². The van der Waals surface area contributed by atoms with Crippen molar-refractivity contribution in [2.75, 3.05) is 13.3 Å². The van der Waals surface area contributed by atoms with E-state index in [1.807, 2.05) is 30.3 Å². The number of hydrogen-bond acceptors (Lipinski definition) is 3. The number of carbonyl (C=O) groups excluding carboxylic acids is 1. The van der Waals surface area contributed by atoms with Crippen molar-refractivity contribution in [2.24, 2.45) is 0 Å². The fraction of sp³-hybridized carbons (Fsp3) is 0.538. The van der Waals surface area contributed by atoms with E-state index in [0.29, 0.717) is 6.04 Å². The monoisotopic (exact) mass is 250 g/mol. The lowest BCUT2D eigenvalue weighted by atomic mass is 10.2. The minimum atomic E-state index is 0.106. The van der Waals surface area contributed by atoms with Crippen LogP contribution >= 0.6 is 11.8 Å². The van der Waals surface area contributed by atoms with Gasteiger partial charge in [-0.15, -0.1) is 11.8 Å². The van der Waals surface area contributed by atoms with Crippen LogP contribution in [-0.2, 0) is 0 Å². The molecule has 0 saturated heterocycles. The van der Waals surface area contributed by atoms with Crippen molar-refractivity contribution in [3.05, 3.63) is 23.9 Å². The summed E-state index contributed by atoms with van der Waals surface area (Å²) in [5.74, 6) is 0.106. The third kappa shape index (κ3) is 2.63. The number of rotatable bonds is 3. The molecule has 1 aromatic rings. The third-order valence-corrected chi connectivity index (χ3v) is 4.10. The molecular formula is C13H18N2OS. The van der Waals surface area contributed by atoms with Crippen LogP contribution in [0, 0.1) is 0 Å². The molecule has 0 N–H and O–H groups in total. The minimum Gasteiger partial charge on any atom is -0.339 e. The van der Waals surface area contributed by atoms with E-state index in [-0.39, 0.29) is 5.91 Å². The van der Waals surface area contributed by atoms with Crippen LogP contribution in [0.2, 0.25) is 0 Å². The van der Waals surface area contributed by atoms with Gasteiger partial charge in [0.25, 0.3) is 5.91 Å². The number of nitrogens with zero attached hydrogens (tertiary/aromatic N) is 2. The van der Waals surface area contributed by atoms with E-state index in [4.69, 9.17) is 0 Å². The molecule has 2 rings (SSSR count). The van der Waals surface area contributed by atoms with Crippen molar-refractivity contribution < 1.29 is 4.79 Å². The fourth-order valence-electron chi connectivity index (χ4n) is 2.36. The van der Waals surface area contributed by atoms with Crippen LogP contribution in [0.25, 0.3) is 0 Å². The molecule has 1 fully saturated rings. The van der Waals surface area contributed by atoms with E-state index < -0.39 is 0 Å². The first-order valence-corrected chi connectivity index (χ1v) is 7.22. The van der Waals surface area contributed by atoms with Crippen molar-refractivity contribution in [1.82, 2.24) is 9.88 Å². The van der Waals surface area contributed by atoms with Gasteiger partial charge in [-0.25, -0.2) is 4.98 Å². The van der Waals surface area contributed by atoms with E-state index >= 15 is 0 Å². The molecule has 3 nitrogen and oxygen atoms in total. The SMILES string of the molecule is CSc1ncccc1C(=O)N(C)C1CCCC1. The zero-order valence-electron chi connectivity index (χ0n) is 10.3. The maximum Gasteiger partial charge on any atom is 0.256 e. The second-order valence-electron chi connectivity index (χ2n) is 4.41. The molecule has 0 unspecified atom stereocenters. The summed E-state index contributed by atoms with van der Waals surface area (Å²) in [7, 11) is 1.91. The Morgan fingerprint density at radius 2 is 2.18 bits per heavy atom. The molecule has 4 heteroatoms. The summed E-state index contributed by atoms with van der Waals surface area (Å²) in [5, 5.41) is 0.822. The molecular weight excluding hydrogens is 232 g/mol. The lowest BCUT2D eigenvalue weighted by molar-refractivity contribution is 0.0731. The van der Waals surface area contributed by atoms with E-state index in [0.717, 1.165) is 23.4 Å². The van der Waals surface area contributed by atoms with Gasteiger partial charge in [-0.1, -0.05) is 12.8 Å². The Morgan fingerprint density at radius 3 is 2.82 bits per heavy atom. The number of thioether (sulfide) groups is 1. The molecule has 92 valence electrons. The topological polar surface area (TPSA) is 33.2 Å². The summed E-state index contributed by atoms with van der Waals surface area (Å²) in [6, 6.07) is 4.11. The summed E-state index contributed by atoms with van der Waals surface area (Å²) in [5.41, 5.74) is 0.731. The molecule has 1 aliphatic carbocycles. The lowest BCUT2D eigenvalue weighted by Crippen LogP contribution is -2.35. The first-order valence-electron chi connectivity index (χ1n) is 6.00. The molecule has 1 heterocycles. The number of carbonyl (C=O) groups is 1. The Balaban J connectivity index is 2.18. The first-order chi connectivity index (χ1) is 8.24. The predicted molar refractivity (Wildman–Crippen MR) is 70.4 cm³/mol. The van der Waals surface area contributed by atoms with Gasteiger partial charge in [0, 0.05) is 19.3 Å². The molecule has 0 spiro atoms. The summed E-state index contributed by atoms with van der Waals surface area (Å²) >= 11 is 1.53. The van der Waals surface area contributed by atoms with Crippen LogP contribution in [0.15, 0.2) is 23.4 Å². The summed E-state index contributed by atoms with van der Waals surface area (Å²) < 4.78 is 0. The molecule has 1 aromatic heterocycles. The van der Waals surface area contributed by atoms with Gasteiger partial charge in [0.1, 0.15) is 5.03 Å². The molecule has 1 amide bonds. The normalized spacial score (nSPS) is 16.1. The van der Waals surface area contributed by atoms with Gasteiger partial charge < -0.3 is 4.90 Å². The average Bonchev–Trinajstić information content (AvgIpc) is 2.90. The van der Waals surface area contributed by atoms with Gasteiger partial charge in [-0.05, 0) is 31.2 Å². The molecule has 0 radical (unpaired) electrons. The van der Waals surface area contributed by atoms with Crippen LogP contribution in [0.5, 0.6) is 0 Å². The highest BCUT2D eigenvalue weighted by molar-refractivity contribution is 7.98. The van der Waals surface area contributed by atoms with Crippen molar-refractivity contribution >= 4 is 17.7 Å². The Bertz CT molecular complexity index is 402. The second kappa shape index (κ2) is 5.54. The molecule has 0 bridgehead atoms. The Labute approximate surface area is 107 Å². The van der Waals surface area contributed by atoms with Crippen LogP contribution in [-0.4, -0.2) is 35.1 Å². The van der Waals surface area contributed by atoms with Crippen molar-refractivity contribution in [3.63, 3.8) is 0 Å². The number of hydrogen-bond donors (Lipinski definition) is 0. The van der Waals surface area contributed by atoms with E-state index in [9.17, 15) is 4.79 Å². The Morgan fingerprint density at radius 1 is 1.47 bits per heavy atom. The smallest absolute Gasteiger partial charge is 0.256 e. The van der Waals surface area contributed by atoms with Crippen LogP contribution in [0.3, 0.4) is 0 Å². The van der Waals surface area contributed by atoms with Gasteiger partial charge in [0.05, 0.1) is 5.56 Å². The second-order valence-corrected chi connectivity index (χ2v) is 5.21. The van der Waals surface area contributed by atoms with Crippen molar-refractivity contribution in [1.29, 1.82) is 0 Å². The highest BCUT2D eigenvalue weighted by atomic mass is 32.2. The van der Waals surface area contributed by atoms with Crippen molar-refractivity contribution in [2.45, 2.75) is 36.8 Å². The number of aromatic nitrogens is 1. The zero-order chi connectivity index (χ0) is 12.3. The Kier molecular flexibility index (Phi) is 4.05. The van der Waals surface area contributed by atoms with Crippen LogP contribution < -0.4 is 0 Å². The highest BCUT2D eigenvalue weighted by Gasteiger charge is 2.25. The largest absolute Gasteiger partial charge is 0.339 e. The third-order valence-electron chi connectivity index (χ3n) is 3.39. The molecule has 1 saturated carbocycles. The van der Waals surface area contributed by atoms with E-state index in [2.05, 4.69) is 4.98 Å². The Hall–Kier alpha value is -1.03. The lowest BCUT2D eigenvalue weighted by Gasteiger charge is -2.24.